The molecule has 0 saturated heterocycles. The molecule has 19 heavy (non-hydrogen) atoms. The fraction of sp³-hybridized carbons (Fsp3) is 0.455. The maximum Gasteiger partial charge on any atom is 0.416 e. The highest BCUT2D eigenvalue weighted by atomic mass is 19.4. The van der Waals surface area contributed by atoms with Crippen molar-refractivity contribution < 1.29 is 31.4 Å². The monoisotopic (exact) mass is 287 g/mol. The minimum atomic E-state index is -4.94. The highest BCUT2D eigenvalue weighted by molar-refractivity contribution is 5.37. The lowest BCUT2D eigenvalue weighted by atomic mass is 9.96. The van der Waals surface area contributed by atoms with Gasteiger partial charge in [-0.15, -0.1) is 0 Å². The van der Waals surface area contributed by atoms with Crippen molar-refractivity contribution in [1.82, 2.24) is 0 Å². The van der Waals surface area contributed by atoms with Crippen LogP contribution < -0.4 is 5.73 Å². The molecule has 0 heterocycles. The van der Waals surface area contributed by atoms with Gasteiger partial charge >= 0.3 is 12.4 Å². The maximum atomic E-state index is 12.7. The van der Waals surface area contributed by atoms with Crippen LogP contribution in [0.3, 0.4) is 0 Å². The zero-order valence-electron chi connectivity index (χ0n) is 9.52. The van der Waals surface area contributed by atoms with Crippen molar-refractivity contribution >= 4 is 0 Å². The molecule has 3 N–H and O–H groups in total. The SMILES string of the molecule is N[C@@H](CCO)c1ccc(C(F)(F)F)cc1C(F)(F)F. The van der Waals surface area contributed by atoms with Crippen molar-refractivity contribution in [3.63, 3.8) is 0 Å². The van der Waals surface area contributed by atoms with Crippen molar-refractivity contribution in [3.8, 4) is 0 Å². The number of hydrogen-bond acceptors (Lipinski definition) is 2. The van der Waals surface area contributed by atoms with Crippen LogP contribution in [0.5, 0.6) is 0 Å². The summed E-state index contributed by atoms with van der Waals surface area (Å²) in [5.41, 5.74) is 2.14. The Morgan fingerprint density at radius 2 is 1.63 bits per heavy atom. The van der Waals surface area contributed by atoms with E-state index in [1.807, 2.05) is 0 Å². The van der Waals surface area contributed by atoms with Crippen LogP contribution >= 0.6 is 0 Å². The van der Waals surface area contributed by atoms with Gasteiger partial charge in [-0.2, -0.15) is 26.3 Å². The van der Waals surface area contributed by atoms with Gasteiger partial charge in [0, 0.05) is 12.6 Å². The Kier molecular flexibility index (Phi) is 4.46. The number of rotatable bonds is 3. The van der Waals surface area contributed by atoms with Crippen LogP contribution in [0, 0.1) is 0 Å². The predicted molar refractivity (Wildman–Crippen MR) is 55.1 cm³/mol. The molecular weight excluding hydrogens is 276 g/mol. The third-order valence-corrected chi connectivity index (χ3v) is 2.53. The normalized spacial score (nSPS) is 14.5. The first-order valence-electron chi connectivity index (χ1n) is 5.22. The Labute approximate surface area is 104 Å². The number of benzene rings is 1. The topological polar surface area (TPSA) is 46.2 Å². The van der Waals surface area contributed by atoms with Gasteiger partial charge in [0.1, 0.15) is 0 Å². The average Bonchev–Trinajstić information content (AvgIpc) is 2.26. The summed E-state index contributed by atoms with van der Waals surface area (Å²) in [4.78, 5) is 0. The Bertz CT molecular complexity index is 440. The number of hydrogen-bond donors (Lipinski definition) is 2. The predicted octanol–water partition coefficient (Wildman–Crippen LogP) is 3.11. The first-order valence-corrected chi connectivity index (χ1v) is 5.22. The first kappa shape index (κ1) is 15.8. The summed E-state index contributed by atoms with van der Waals surface area (Å²) in [5.74, 6) is 0. The Balaban J connectivity index is 3.33. The fourth-order valence-electron chi connectivity index (χ4n) is 1.60. The van der Waals surface area contributed by atoms with Gasteiger partial charge < -0.3 is 10.8 Å². The number of aliphatic hydroxyl groups excluding tert-OH is 1. The lowest BCUT2D eigenvalue weighted by molar-refractivity contribution is -0.143. The third kappa shape index (κ3) is 3.84. The Morgan fingerprint density at radius 1 is 1.05 bits per heavy atom. The molecule has 1 aromatic rings. The van der Waals surface area contributed by atoms with Crippen LogP contribution in [0.15, 0.2) is 18.2 Å². The minimum Gasteiger partial charge on any atom is -0.396 e. The van der Waals surface area contributed by atoms with E-state index in [1.165, 1.54) is 0 Å². The lowest BCUT2D eigenvalue weighted by Crippen LogP contribution is -2.20. The summed E-state index contributed by atoms with van der Waals surface area (Å²) in [5, 5.41) is 8.63. The van der Waals surface area contributed by atoms with Gasteiger partial charge in [0.05, 0.1) is 11.1 Å². The third-order valence-electron chi connectivity index (χ3n) is 2.53. The molecule has 108 valence electrons. The van der Waals surface area contributed by atoms with Gasteiger partial charge in [0.15, 0.2) is 0 Å². The zero-order chi connectivity index (χ0) is 14.8. The smallest absolute Gasteiger partial charge is 0.396 e. The quantitative estimate of drug-likeness (QED) is 0.839. The maximum absolute atomic E-state index is 12.7. The van der Waals surface area contributed by atoms with E-state index >= 15 is 0 Å². The Hall–Kier alpha value is -1.28. The highest BCUT2D eigenvalue weighted by Gasteiger charge is 2.38. The molecule has 8 heteroatoms. The number of halogens is 6. The van der Waals surface area contributed by atoms with Gasteiger partial charge in [-0.25, -0.2) is 0 Å². The van der Waals surface area contributed by atoms with Crippen molar-refractivity contribution in [3.05, 3.63) is 34.9 Å². The van der Waals surface area contributed by atoms with Crippen LogP contribution in [-0.4, -0.2) is 11.7 Å². The molecule has 0 fully saturated rings. The zero-order valence-corrected chi connectivity index (χ0v) is 9.52. The van der Waals surface area contributed by atoms with E-state index in [-0.39, 0.29) is 12.5 Å². The van der Waals surface area contributed by atoms with E-state index in [0.29, 0.717) is 12.1 Å². The summed E-state index contributed by atoms with van der Waals surface area (Å²) < 4.78 is 75.4. The van der Waals surface area contributed by atoms with Gasteiger partial charge in [-0.1, -0.05) is 6.07 Å². The number of nitrogens with two attached hydrogens (primary N) is 1. The van der Waals surface area contributed by atoms with Crippen molar-refractivity contribution in [2.45, 2.75) is 24.8 Å². The van der Waals surface area contributed by atoms with Crippen LogP contribution in [0.2, 0.25) is 0 Å². The molecule has 0 amide bonds. The van der Waals surface area contributed by atoms with Gasteiger partial charge in [0.25, 0.3) is 0 Å². The molecule has 2 nitrogen and oxygen atoms in total. The highest BCUT2D eigenvalue weighted by Crippen LogP contribution is 2.39. The van der Waals surface area contributed by atoms with Crippen LogP contribution in [0.1, 0.15) is 29.2 Å². The standard InChI is InChI=1S/C11H11F6NO/c12-10(13,14)6-1-2-7(9(18)3-4-19)8(5-6)11(15,16)17/h1-2,5,9,19H,3-4,18H2/t9-/m0/s1. The summed E-state index contributed by atoms with van der Waals surface area (Å²) in [6.45, 7) is -0.459. The summed E-state index contributed by atoms with van der Waals surface area (Å²) in [6.07, 6.45) is -9.97. The number of alkyl halides is 6. The second-order valence-corrected chi connectivity index (χ2v) is 3.92. The first-order chi connectivity index (χ1) is 8.57. The molecule has 0 unspecified atom stereocenters. The van der Waals surface area contributed by atoms with E-state index in [0.717, 1.165) is 0 Å². The molecule has 0 aromatic heterocycles. The molecule has 0 aliphatic carbocycles. The molecule has 1 aromatic carbocycles. The van der Waals surface area contributed by atoms with E-state index in [4.69, 9.17) is 10.8 Å². The molecular formula is C11H11F6NO. The molecule has 0 aliphatic heterocycles. The summed E-state index contributed by atoms with van der Waals surface area (Å²) in [7, 11) is 0. The van der Waals surface area contributed by atoms with Gasteiger partial charge in [-0.3, -0.25) is 0 Å². The van der Waals surface area contributed by atoms with E-state index in [1.54, 1.807) is 0 Å². The molecule has 0 saturated carbocycles. The summed E-state index contributed by atoms with van der Waals surface area (Å²) >= 11 is 0. The van der Waals surface area contributed by atoms with Crippen molar-refractivity contribution in [1.29, 1.82) is 0 Å². The largest absolute Gasteiger partial charge is 0.416 e. The second-order valence-electron chi connectivity index (χ2n) is 3.92. The van der Waals surface area contributed by atoms with Crippen molar-refractivity contribution in [2.75, 3.05) is 6.61 Å². The molecule has 0 bridgehead atoms. The Morgan fingerprint density at radius 3 is 2.05 bits per heavy atom. The second kappa shape index (κ2) is 5.38. The van der Waals surface area contributed by atoms with Gasteiger partial charge in [-0.05, 0) is 24.1 Å². The molecule has 1 rings (SSSR count). The average molecular weight is 287 g/mol. The molecule has 0 spiro atoms. The minimum absolute atomic E-state index is 0.0343. The van der Waals surface area contributed by atoms with Crippen LogP contribution in [0.4, 0.5) is 26.3 Å². The van der Waals surface area contributed by atoms with E-state index in [2.05, 4.69) is 0 Å². The molecule has 1 atom stereocenters. The van der Waals surface area contributed by atoms with Crippen LogP contribution in [0.25, 0.3) is 0 Å². The fourth-order valence-corrected chi connectivity index (χ4v) is 1.60. The number of aliphatic hydroxyl groups is 1. The van der Waals surface area contributed by atoms with E-state index < -0.39 is 41.7 Å². The molecule has 0 aliphatic rings. The molecule has 0 radical (unpaired) electrons. The lowest BCUT2D eigenvalue weighted by Gasteiger charge is -2.19. The van der Waals surface area contributed by atoms with Gasteiger partial charge in [0.2, 0.25) is 0 Å². The van der Waals surface area contributed by atoms with E-state index in [9.17, 15) is 26.3 Å². The van der Waals surface area contributed by atoms with Crippen LogP contribution in [-0.2, 0) is 12.4 Å². The summed E-state index contributed by atoms with van der Waals surface area (Å²) in [6, 6.07) is 0.101. The van der Waals surface area contributed by atoms with Crippen molar-refractivity contribution in [2.24, 2.45) is 5.73 Å².